The van der Waals surface area contributed by atoms with E-state index in [0.717, 1.165) is 12.8 Å². The molecule has 1 N–H and O–H groups in total. The largest absolute Gasteiger partial charge is 0.353 e. The van der Waals surface area contributed by atoms with Gasteiger partial charge in [-0.2, -0.15) is 0 Å². The zero-order valence-electron chi connectivity index (χ0n) is 11.2. The van der Waals surface area contributed by atoms with Crippen LogP contribution in [0.5, 0.6) is 0 Å². The predicted molar refractivity (Wildman–Crippen MR) is 67.5 cm³/mol. The predicted octanol–water partition coefficient (Wildman–Crippen LogP) is 1.55. The van der Waals surface area contributed by atoms with E-state index in [1.54, 1.807) is 11.9 Å². The molecule has 0 radical (unpaired) electrons. The molecule has 0 unspecified atom stereocenters. The lowest BCUT2D eigenvalue weighted by Gasteiger charge is -2.16. The van der Waals surface area contributed by atoms with Gasteiger partial charge in [0, 0.05) is 26.1 Å². The lowest BCUT2D eigenvalue weighted by molar-refractivity contribution is -0.128. The maximum absolute atomic E-state index is 11.9. The Balaban J connectivity index is 2.27. The Labute approximate surface area is 104 Å². The van der Waals surface area contributed by atoms with Crippen molar-refractivity contribution >= 4 is 11.8 Å². The smallest absolute Gasteiger partial charge is 0.225 e. The number of unbranched alkanes of at least 4 members (excludes halogenated alkanes) is 2. The summed E-state index contributed by atoms with van der Waals surface area (Å²) in [5, 5.41) is 3.00. The maximum Gasteiger partial charge on any atom is 0.225 e. The van der Waals surface area contributed by atoms with Crippen molar-refractivity contribution in [1.82, 2.24) is 10.2 Å². The van der Waals surface area contributed by atoms with Crippen LogP contribution in [0.2, 0.25) is 0 Å². The van der Waals surface area contributed by atoms with Gasteiger partial charge < -0.3 is 10.2 Å². The van der Waals surface area contributed by atoms with Crippen LogP contribution in [-0.4, -0.2) is 36.3 Å². The highest BCUT2D eigenvalue weighted by Crippen LogP contribution is 2.16. The van der Waals surface area contributed by atoms with Crippen LogP contribution in [0, 0.1) is 5.92 Å². The summed E-state index contributed by atoms with van der Waals surface area (Å²) in [7, 11) is 1.75. The molecule has 0 bridgehead atoms. The molecule has 0 aromatic rings. The molecule has 2 atom stereocenters. The Morgan fingerprint density at radius 1 is 1.53 bits per heavy atom. The quantitative estimate of drug-likeness (QED) is 0.716. The molecule has 0 aliphatic carbocycles. The molecule has 1 aliphatic heterocycles. The van der Waals surface area contributed by atoms with Crippen LogP contribution < -0.4 is 5.32 Å². The van der Waals surface area contributed by atoms with Crippen LogP contribution in [-0.2, 0) is 9.59 Å². The van der Waals surface area contributed by atoms with Gasteiger partial charge in [-0.05, 0) is 13.3 Å². The molecule has 1 fully saturated rings. The van der Waals surface area contributed by atoms with E-state index in [2.05, 4.69) is 12.2 Å². The Morgan fingerprint density at radius 3 is 2.76 bits per heavy atom. The first-order valence-electron chi connectivity index (χ1n) is 6.59. The minimum absolute atomic E-state index is 0.0340. The second-order valence-corrected chi connectivity index (χ2v) is 5.08. The van der Waals surface area contributed by atoms with Crippen molar-refractivity contribution in [3.63, 3.8) is 0 Å². The fraction of sp³-hybridized carbons (Fsp3) is 0.846. The van der Waals surface area contributed by atoms with Gasteiger partial charge in [0.15, 0.2) is 0 Å². The Hall–Kier alpha value is -1.06. The molecule has 1 aliphatic rings. The van der Waals surface area contributed by atoms with E-state index in [-0.39, 0.29) is 23.8 Å². The van der Waals surface area contributed by atoms with Gasteiger partial charge in [-0.25, -0.2) is 0 Å². The third kappa shape index (κ3) is 4.36. The summed E-state index contributed by atoms with van der Waals surface area (Å²) < 4.78 is 0. The first-order chi connectivity index (χ1) is 8.04. The molecule has 98 valence electrons. The van der Waals surface area contributed by atoms with E-state index >= 15 is 0 Å². The SMILES string of the molecule is CCCCC[C@H](C)NC(=O)[C@@H]1CC(=O)N(C)C1. The second kappa shape index (κ2) is 6.62. The third-order valence-corrected chi connectivity index (χ3v) is 3.34. The Bertz CT molecular complexity index is 279. The normalized spacial score (nSPS) is 21.7. The van der Waals surface area contributed by atoms with Crippen LogP contribution >= 0.6 is 0 Å². The van der Waals surface area contributed by atoms with Crippen LogP contribution in [0.3, 0.4) is 0 Å². The zero-order chi connectivity index (χ0) is 12.8. The van der Waals surface area contributed by atoms with Crippen molar-refractivity contribution in [1.29, 1.82) is 0 Å². The van der Waals surface area contributed by atoms with Gasteiger partial charge in [-0.3, -0.25) is 9.59 Å². The van der Waals surface area contributed by atoms with E-state index in [4.69, 9.17) is 0 Å². The van der Waals surface area contributed by atoms with Gasteiger partial charge >= 0.3 is 0 Å². The topological polar surface area (TPSA) is 49.4 Å². The lowest BCUT2D eigenvalue weighted by Crippen LogP contribution is -2.38. The fourth-order valence-electron chi connectivity index (χ4n) is 2.17. The minimum atomic E-state index is -0.152. The van der Waals surface area contributed by atoms with Crippen molar-refractivity contribution in [2.24, 2.45) is 5.92 Å². The molecule has 0 saturated carbocycles. The van der Waals surface area contributed by atoms with Crippen molar-refractivity contribution < 1.29 is 9.59 Å². The van der Waals surface area contributed by atoms with E-state index in [0.29, 0.717) is 13.0 Å². The average molecular weight is 240 g/mol. The molecular formula is C13H24N2O2. The van der Waals surface area contributed by atoms with Gasteiger partial charge in [-0.1, -0.05) is 26.2 Å². The minimum Gasteiger partial charge on any atom is -0.353 e. The molecule has 0 aromatic heterocycles. The van der Waals surface area contributed by atoms with Crippen LogP contribution in [0.25, 0.3) is 0 Å². The summed E-state index contributed by atoms with van der Waals surface area (Å²) in [6.45, 7) is 4.77. The monoisotopic (exact) mass is 240 g/mol. The molecule has 1 saturated heterocycles. The van der Waals surface area contributed by atoms with Crippen molar-refractivity contribution in [3.8, 4) is 0 Å². The van der Waals surface area contributed by atoms with Crippen molar-refractivity contribution in [2.75, 3.05) is 13.6 Å². The molecule has 1 rings (SSSR count). The molecule has 2 amide bonds. The molecule has 1 heterocycles. The highest BCUT2D eigenvalue weighted by Gasteiger charge is 2.32. The lowest BCUT2D eigenvalue weighted by atomic mass is 10.1. The molecule has 17 heavy (non-hydrogen) atoms. The number of rotatable bonds is 6. The number of amides is 2. The van der Waals surface area contributed by atoms with E-state index in [9.17, 15) is 9.59 Å². The Morgan fingerprint density at radius 2 is 2.24 bits per heavy atom. The summed E-state index contributed by atoms with van der Waals surface area (Å²) in [4.78, 5) is 24.9. The van der Waals surface area contributed by atoms with Crippen molar-refractivity contribution in [2.45, 2.75) is 52.0 Å². The number of carbonyl (C=O) groups excluding carboxylic acids is 2. The first kappa shape index (κ1) is 14.0. The Kier molecular flexibility index (Phi) is 5.45. The van der Waals surface area contributed by atoms with E-state index < -0.39 is 0 Å². The molecule has 4 heteroatoms. The zero-order valence-corrected chi connectivity index (χ0v) is 11.2. The summed E-state index contributed by atoms with van der Waals surface area (Å²) in [5.41, 5.74) is 0. The molecule has 4 nitrogen and oxygen atoms in total. The maximum atomic E-state index is 11.9. The van der Waals surface area contributed by atoms with Gasteiger partial charge in [-0.15, -0.1) is 0 Å². The van der Waals surface area contributed by atoms with Gasteiger partial charge in [0.1, 0.15) is 0 Å². The number of carbonyl (C=O) groups is 2. The molecule has 0 spiro atoms. The number of hydrogen-bond acceptors (Lipinski definition) is 2. The summed E-state index contributed by atoms with van der Waals surface area (Å²) in [6, 6.07) is 0.218. The second-order valence-electron chi connectivity index (χ2n) is 5.08. The van der Waals surface area contributed by atoms with Crippen LogP contribution in [0.15, 0.2) is 0 Å². The number of nitrogens with one attached hydrogen (secondary N) is 1. The number of likely N-dealkylation sites (tertiary alicyclic amines) is 1. The third-order valence-electron chi connectivity index (χ3n) is 3.34. The standard InChI is InChI=1S/C13H24N2O2/c1-4-5-6-7-10(2)14-13(17)11-8-12(16)15(3)9-11/h10-11H,4-9H2,1-3H3,(H,14,17)/t10-,11+/m0/s1. The summed E-state index contributed by atoms with van der Waals surface area (Å²) in [5.74, 6) is -0.0448. The molecule has 0 aromatic carbocycles. The first-order valence-corrected chi connectivity index (χ1v) is 6.59. The summed E-state index contributed by atoms with van der Waals surface area (Å²) >= 11 is 0. The number of hydrogen-bond donors (Lipinski definition) is 1. The van der Waals surface area contributed by atoms with E-state index in [1.165, 1.54) is 12.8 Å². The fourth-order valence-corrected chi connectivity index (χ4v) is 2.17. The number of nitrogens with zero attached hydrogens (tertiary/aromatic N) is 1. The highest BCUT2D eigenvalue weighted by atomic mass is 16.2. The van der Waals surface area contributed by atoms with Gasteiger partial charge in [0.25, 0.3) is 0 Å². The van der Waals surface area contributed by atoms with E-state index in [1.807, 2.05) is 6.92 Å². The van der Waals surface area contributed by atoms with Crippen molar-refractivity contribution in [3.05, 3.63) is 0 Å². The highest BCUT2D eigenvalue weighted by molar-refractivity contribution is 5.89. The average Bonchev–Trinajstić information content (AvgIpc) is 2.60. The van der Waals surface area contributed by atoms with Crippen LogP contribution in [0.4, 0.5) is 0 Å². The van der Waals surface area contributed by atoms with Gasteiger partial charge in [0.05, 0.1) is 5.92 Å². The van der Waals surface area contributed by atoms with Crippen LogP contribution in [0.1, 0.15) is 46.0 Å². The van der Waals surface area contributed by atoms with Gasteiger partial charge in [0.2, 0.25) is 11.8 Å². The molecular weight excluding hydrogens is 216 g/mol. The summed E-state index contributed by atoms with van der Waals surface area (Å²) in [6.07, 6.45) is 4.95.